The molecule has 2 aromatic rings. The van der Waals surface area contributed by atoms with Crippen LogP contribution in [0.5, 0.6) is 0 Å². The molecule has 4 rings (SSSR count). The lowest BCUT2D eigenvalue weighted by Crippen LogP contribution is -2.33. The zero-order chi connectivity index (χ0) is 17.2. The average molecular weight is 337 g/mol. The van der Waals surface area contributed by atoms with Crippen LogP contribution in [0.2, 0.25) is 0 Å². The van der Waals surface area contributed by atoms with E-state index in [4.69, 9.17) is 0 Å². The molecule has 1 saturated heterocycles. The highest BCUT2D eigenvalue weighted by Crippen LogP contribution is 2.51. The van der Waals surface area contributed by atoms with Gasteiger partial charge in [0, 0.05) is 32.5 Å². The first-order chi connectivity index (χ1) is 12.2. The fourth-order valence-corrected chi connectivity index (χ4v) is 4.47. The van der Waals surface area contributed by atoms with Crippen molar-refractivity contribution in [3.05, 3.63) is 71.5 Å². The number of halogens is 1. The molecule has 1 aliphatic heterocycles. The van der Waals surface area contributed by atoms with Gasteiger partial charge in [-0.15, -0.1) is 0 Å². The second kappa shape index (κ2) is 7.09. The molecule has 0 radical (unpaired) electrons. The number of hydrogen-bond acceptors (Lipinski definition) is 2. The van der Waals surface area contributed by atoms with Crippen molar-refractivity contribution in [2.24, 2.45) is 11.8 Å². The van der Waals surface area contributed by atoms with Crippen LogP contribution in [0, 0.1) is 17.7 Å². The molecule has 2 nitrogen and oxygen atoms in total. The molecule has 2 aliphatic rings. The SMILES string of the molecule is O=C(CCN1CC2CC(c3ccccc3)C2C1)Cc1ccc(F)cc1. The molecule has 2 fully saturated rings. The number of carbonyl (C=O) groups excluding carboxylic acids is 1. The van der Waals surface area contributed by atoms with E-state index in [-0.39, 0.29) is 11.6 Å². The summed E-state index contributed by atoms with van der Waals surface area (Å²) in [5, 5.41) is 0. The highest BCUT2D eigenvalue weighted by molar-refractivity contribution is 5.81. The molecule has 1 heterocycles. The first-order valence-corrected chi connectivity index (χ1v) is 9.22. The Balaban J connectivity index is 1.25. The Kier molecular flexibility index (Phi) is 4.67. The summed E-state index contributed by atoms with van der Waals surface area (Å²) >= 11 is 0. The summed E-state index contributed by atoms with van der Waals surface area (Å²) in [5.74, 6) is 2.25. The Morgan fingerprint density at radius 1 is 1.04 bits per heavy atom. The van der Waals surface area contributed by atoms with Gasteiger partial charge in [0.15, 0.2) is 0 Å². The minimum atomic E-state index is -0.253. The fourth-order valence-electron chi connectivity index (χ4n) is 4.47. The van der Waals surface area contributed by atoms with Crippen molar-refractivity contribution >= 4 is 5.78 Å². The van der Waals surface area contributed by atoms with Gasteiger partial charge in [0.25, 0.3) is 0 Å². The summed E-state index contributed by atoms with van der Waals surface area (Å²) in [7, 11) is 0. The average Bonchev–Trinajstić information content (AvgIpc) is 2.93. The molecule has 0 amide bonds. The monoisotopic (exact) mass is 337 g/mol. The number of rotatable bonds is 6. The van der Waals surface area contributed by atoms with E-state index in [1.54, 1.807) is 12.1 Å². The maximum Gasteiger partial charge on any atom is 0.138 e. The van der Waals surface area contributed by atoms with Crippen molar-refractivity contribution in [1.29, 1.82) is 0 Å². The molecule has 0 bridgehead atoms. The molecule has 3 atom stereocenters. The van der Waals surface area contributed by atoms with Gasteiger partial charge in [0.05, 0.1) is 0 Å². The molecule has 1 aliphatic carbocycles. The van der Waals surface area contributed by atoms with Crippen molar-refractivity contribution in [3.8, 4) is 0 Å². The predicted molar refractivity (Wildman–Crippen MR) is 96.9 cm³/mol. The normalized spacial score (nSPS) is 25.4. The third-order valence-corrected chi connectivity index (χ3v) is 5.89. The van der Waals surface area contributed by atoms with E-state index in [0.29, 0.717) is 18.8 Å². The molecule has 0 spiro atoms. The van der Waals surface area contributed by atoms with Crippen molar-refractivity contribution in [3.63, 3.8) is 0 Å². The molecule has 0 N–H and O–H groups in total. The van der Waals surface area contributed by atoms with Gasteiger partial charge in [0.1, 0.15) is 11.6 Å². The maximum atomic E-state index is 12.9. The lowest BCUT2D eigenvalue weighted by molar-refractivity contribution is -0.118. The minimum Gasteiger partial charge on any atom is -0.302 e. The molecule has 130 valence electrons. The van der Waals surface area contributed by atoms with Gasteiger partial charge in [-0.3, -0.25) is 4.79 Å². The largest absolute Gasteiger partial charge is 0.302 e. The van der Waals surface area contributed by atoms with Crippen LogP contribution in [0.4, 0.5) is 4.39 Å². The smallest absolute Gasteiger partial charge is 0.138 e. The van der Waals surface area contributed by atoms with Crippen molar-refractivity contribution in [1.82, 2.24) is 4.90 Å². The molecular formula is C22H24FNO. The Morgan fingerprint density at radius 3 is 2.56 bits per heavy atom. The Hall–Kier alpha value is -2.00. The molecular weight excluding hydrogens is 313 g/mol. The van der Waals surface area contributed by atoms with Crippen LogP contribution >= 0.6 is 0 Å². The van der Waals surface area contributed by atoms with E-state index in [9.17, 15) is 9.18 Å². The number of Topliss-reactive ketones (excluding diaryl/α,β-unsaturated/α-hetero) is 1. The highest BCUT2D eigenvalue weighted by Gasteiger charge is 2.47. The summed E-state index contributed by atoms with van der Waals surface area (Å²) in [6.07, 6.45) is 2.29. The van der Waals surface area contributed by atoms with Crippen molar-refractivity contribution in [2.45, 2.75) is 25.2 Å². The second-order valence-corrected chi connectivity index (χ2v) is 7.53. The van der Waals surface area contributed by atoms with Gasteiger partial charge < -0.3 is 4.90 Å². The van der Waals surface area contributed by atoms with Gasteiger partial charge in [-0.2, -0.15) is 0 Å². The van der Waals surface area contributed by atoms with Crippen LogP contribution in [-0.4, -0.2) is 30.3 Å². The Bertz CT molecular complexity index is 727. The molecule has 2 aromatic carbocycles. The predicted octanol–water partition coefficient (Wildman–Crippen LogP) is 4.06. The highest BCUT2D eigenvalue weighted by atomic mass is 19.1. The van der Waals surface area contributed by atoms with Gasteiger partial charge in [-0.05, 0) is 47.4 Å². The number of hydrogen-bond donors (Lipinski definition) is 0. The number of carbonyl (C=O) groups is 1. The summed E-state index contributed by atoms with van der Waals surface area (Å²) in [6, 6.07) is 17.1. The maximum absolute atomic E-state index is 12.9. The standard InChI is InChI=1S/C22H24FNO/c23-19-8-6-16(7-9-19)12-20(25)10-11-24-14-18-13-21(22(18)15-24)17-4-2-1-3-5-17/h1-9,18,21-22H,10-15H2. The third kappa shape index (κ3) is 3.67. The van der Waals surface area contributed by atoms with E-state index in [1.165, 1.54) is 24.1 Å². The molecule has 3 heteroatoms. The summed E-state index contributed by atoms with van der Waals surface area (Å²) < 4.78 is 12.9. The molecule has 1 saturated carbocycles. The minimum absolute atomic E-state index is 0.241. The Morgan fingerprint density at radius 2 is 1.80 bits per heavy atom. The number of ketones is 1. The van der Waals surface area contributed by atoms with Crippen LogP contribution < -0.4 is 0 Å². The zero-order valence-corrected chi connectivity index (χ0v) is 14.4. The van der Waals surface area contributed by atoms with E-state index in [0.717, 1.165) is 37.0 Å². The van der Waals surface area contributed by atoms with Crippen molar-refractivity contribution in [2.75, 3.05) is 19.6 Å². The lowest BCUT2D eigenvalue weighted by atomic mass is 9.64. The van der Waals surface area contributed by atoms with E-state index in [2.05, 4.69) is 35.2 Å². The number of nitrogens with zero attached hydrogens (tertiary/aromatic N) is 1. The Labute approximate surface area is 148 Å². The lowest BCUT2D eigenvalue weighted by Gasteiger charge is -2.40. The van der Waals surface area contributed by atoms with Gasteiger partial charge in [0.2, 0.25) is 0 Å². The quantitative estimate of drug-likeness (QED) is 0.792. The fraction of sp³-hybridized carbons (Fsp3) is 0.409. The van der Waals surface area contributed by atoms with E-state index in [1.807, 2.05) is 0 Å². The van der Waals surface area contributed by atoms with Crippen LogP contribution in [-0.2, 0) is 11.2 Å². The van der Waals surface area contributed by atoms with E-state index >= 15 is 0 Å². The summed E-state index contributed by atoms with van der Waals surface area (Å²) in [4.78, 5) is 14.7. The van der Waals surface area contributed by atoms with Crippen LogP contribution in [0.3, 0.4) is 0 Å². The number of fused-ring (bicyclic) bond motifs is 1. The number of likely N-dealkylation sites (tertiary alicyclic amines) is 1. The summed E-state index contributed by atoms with van der Waals surface area (Å²) in [5.41, 5.74) is 2.37. The van der Waals surface area contributed by atoms with Gasteiger partial charge in [-0.25, -0.2) is 4.39 Å². The molecule has 25 heavy (non-hydrogen) atoms. The zero-order valence-electron chi connectivity index (χ0n) is 14.4. The van der Waals surface area contributed by atoms with Crippen LogP contribution in [0.15, 0.2) is 54.6 Å². The van der Waals surface area contributed by atoms with Gasteiger partial charge >= 0.3 is 0 Å². The third-order valence-electron chi connectivity index (χ3n) is 5.89. The topological polar surface area (TPSA) is 20.3 Å². The van der Waals surface area contributed by atoms with Crippen LogP contribution in [0.1, 0.15) is 29.9 Å². The molecule has 3 unspecified atom stereocenters. The first-order valence-electron chi connectivity index (χ1n) is 9.22. The second-order valence-electron chi connectivity index (χ2n) is 7.53. The molecule has 0 aromatic heterocycles. The van der Waals surface area contributed by atoms with Crippen molar-refractivity contribution < 1.29 is 9.18 Å². The van der Waals surface area contributed by atoms with E-state index < -0.39 is 0 Å². The first kappa shape index (κ1) is 16.5. The van der Waals surface area contributed by atoms with Crippen LogP contribution in [0.25, 0.3) is 0 Å². The summed E-state index contributed by atoms with van der Waals surface area (Å²) in [6.45, 7) is 3.11. The van der Waals surface area contributed by atoms with Gasteiger partial charge in [-0.1, -0.05) is 42.5 Å². The number of benzene rings is 2.